The molecule has 4 rings (SSSR count). The summed E-state index contributed by atoms with van der Waals surface area (Å²) >= 11 is 6.03. The molecule has 168 valence electrons. The van der Waals surface area contributed by atoms with E-state index in [0.717, 1.165) is 0 Å². The van der Waals surface area contributed by atoms with Crippen molar-refractivity contribution in [1.29, 1.82) is 0 Å². The maximum absolute atomic E-state index is 13.8. The van der Waals surface area contributed by atoms with Crippen molar-refractivity contribution in [2.75, 3.05) is 7.11 Å². The largest absolute Gasteiger partial charge is 0.480 e. The van der Waals surface area contributed by atoms with E-state index >= 15 is 0 Å². The molecule has 0 aliphatic heterocycles. The van der Waals surface area contributed by atoms with Crippen LogP contribution in [0.1, 0.15) is 37.4 Å². The molecule has 1 aromatic heterocycles. The van der Waals surface area contributed by atoms with E-state index in [9.17, 15) is 18.0 Å². The topological polar surface area (TPSA) is 44.1 Å². The number of alkyl halides is 3. The molecular weight excluding hydrogens is 441 g/mol. The highest BCUT2D eigenvalue weighted by Gasteiger charge is 2.42. The van der Waals surface area contributed by atoms with Gasteiger partial charge in [0.15, 0.2) is 0 Å². The van der Waals surface area contributed by atoms with Crippen LogP contribution < -0.4 is 10.3 Å². The van der Waals surface area contributed by atoms with Crippen molar-refractivity contribution in [2.45, 2.75) is 37.8 Å². The summed E-state index contributed by atoms with van der Waals surface area (Å²) in [5.41, 5.74) is 1.17. The van der Waals surface area contributed by atoms with Gasteiger partial charge in [-0.2, -0.15) is 18.2 Å². The molecule has 0 radical (unpaired) electrons. The van der Waals surface area contributed by atoms with E-state index in [4.69, 9.17) is 16.3 Å². The summed E-state index contributed by atoms with van der Waals surface area (Å²) in [5.74, 6) is -1.04. The number of methoxy groups -OCH3 is 1. The molecule has 1 aliphatic rings. The zero-order valence-electron chi connectivity index (χ0n) is 17.4. The molecule has 1 saturated carbocycles. The van der Waals surface area contributed by atoms with Crippen LogP contribution in [0.2, 0.25) is 5.02 Å². The van der Waals surface area contributed by atoms with Crippen molar-refractivity contribution in [3.63, 3.8) is 0 Å². The summed E-state index contributed by atoms with van der Waals surface area (Å²) in [4.78, 5) is 18.4. The third-order valence-corrected chi connectivity index (χ3v) is 6.22. The predicted molar refractivity (Wildman–Crippen MR) is 118 cm³/mol. The first-order valence-electron chi connectivity index (χ1n) is 10.4. The maximum atomic E-state index is 13.8. The summed E-state index contributed by atoms with van der Waals surface area (Å²) in [6.07, 6.45) is -3.61. The first kappa shape index (κ1) is 22.4. The highest BCUT2D eigenvalue weighted by molar-refractivity contribution is 6.30. The van der Waals surface area contributed by atoms with Gasteiger partial charge in [0.25, 0.3) is 5.56 Å². The molecule has 0 bridgehead atoms. The van der Waals surface area contributed by atoms with E-state index in [1.165, 1.54) is 11.7 Å². The molecule has 0 spiro atoms. The summed E-state index contributed by atoms with van der Waals surface area (Å²) in [5, 5.41) is 0.513. The Kier molecular flexibility index (Phi) is 6.29. The average molecular weight is 463 g/mol. The van der Waals surface area contributed by atoms with E-state index < -0.39 is 12.1 Å². The van der Waals surface area contributed by atoms with Gasteiger partial charge in [0.1, 0.15) is 11.4 Å². The summed E-state index contributed by atoms with van der Waals surface area (Å²) < 4.78 is 46.5. The third kappa shape index (κ3) is 4.39. The number of ether oxygens (including phenoxy) is 1. The van der Waals surface area contributed by atoms with Crippen molar-refractivity contribution in [3.05, 3.63) is 75.8 Å². The van der Waals surface area contributed by atoms with Gasteiger partial charge in [-0.1, -0.05) is 41.9 Å². The molecule has 3 aromatic rings. The van der Waals surface area contributed by atoms with Crippen LogP contribution in [-0.2, 0) is 0 Å². The lowest BCUT2D eigenvalue weighted by molar-refractivity contribution is -0.182. The SMILES string of the molecule is COc1nc(C2CCC(C(F)(F)F)CC2)n(-c2ccc(Cl)cc2)c(=O)c1-c1ccccc1. The Hall–Kier alpha value is -2.80. The summed E-state index contributed by atoms with van der Waals surface area (Å²) in [6.45, 7) is 0. The Morgan fingerprint density at radius 3 is 2.19 bits per heavy atom. The van der Waals surface area contributed by atoms with Crippen LogP contribution in [0.25, 0.3) is 16.8 Å². The van der Waals surface area contributed by atoms with Gasteiger partial charge >= 0.3 is 6.18 Å². The number of hydrogen-bond donors (Lipinski definition) is 0. The van der Waals surface area contributed by atoms with E-state index in [0.29, 0.717) is 27.7 Å². The highest BCUT2D eigenvalue weighted by atomic mass is 35.5. The van der Waals surface area contributed by atoms with E-state index in [1.54, 1.807) is 36.4 Å². The second kappa shape index (κ2) is 8.98. The van der Waals surface area contributed by atoms with Crippen LogP contribution >= 0.6 is 11.6 Å². The third-order valence-electron chi connectivity index (χ3n) is 5.97. The van der Waals surface area contributed by atoms with Crippen LogP contribution in [0.3, 0.4) is 0 Å². The number of rotatable bonds is 4. The number of aromatic nitrogens is 2. The van der Waals surface area contributed by atoms with Crippen molar-refractivity contribution >= 4 is 11.6 Å². The molecule has 8 heteroatoms. The van der Waals surface area contributed by atoms with Crippen molar-refractivity contribution in [1.82, 2.24) is 9.55 Å². The minimum absolute atomic E-state index is 0.00735. The van der Waals surface area contributed by atoms with Gasteiger partial charge < -0.3 is 4.74 Å². The minimum atomic E-state index is -4.21. The molecule has 0 unspecified atom stereocenters. The van der Waals surface area contributed by atoms with Crippen LogP contribution in [0.15, 0.2) is 59.4 Å². The summed E-state index contributed by atoms with van der Waals surface area (Å²) in [7, 11) is 1.44. The molecule has 1 fully saturated rings. The molecule has 0 atom stereocenters. The van der Waals surface area contributed by atoms with Crippen LogP contribution in [0.4, 0.5) is 13.2 Å². The number of benzene rings is 2. The first-order valence-corrected chi connectivity index (χ1v) is 10.8. The molecule has 0 N–H and O–H groups in total. The van der Waals surface area contributed by atoms with Gasteiger partial charge in [-0.15, -0.1) is 0 Å². The predicted octanol–water partition coefficient (Wildman–Crippen LogP) is 6.40. The molecule has 0 saturated heterocycles. The van der Waals surface area contributed by atoms with E-state index in [-0.39, 0.29) is 43.0 Å². The first-order chi connectivity index (χ1) is 15.3. The second-order valence-electron chi connectivity index (χ2n) is 7.93. The van der Waals surface area contributed by atoms with Crippen molar-refractivity contribution < 1.29 is 17.9 Å². The number of nitrogens with zero attached hydrogens (tertiary/aromatic N) is 2. The lowest BCUT2D eigenvalue weighted by atomic mass is 9.81. The molecule has 2 aromatic carbocycles. The lowest BCUT2D eigenvalue weighted by Gasteiger charge is -2.31. The standard InChI is InChI=1S/C24H22ClF3N2O2/c1-32-22-20(15-5-3-2-4-6-15)23(31)30(19-13-11-18(25)12-14-19)21(29-22)16-7-9-17(10-8-16)24(26,27)28/h2-6,11-14,16-17H,7-10H2,1H3. The number of hydrogen-bond acceptors (Lipinski definition) is 3. The van der Waals surface area contributed by atoms with E-state index in [2.05, 4.69) is 4.98 Å². The Morgan fingerprint density at radius 2 is 1.62 bits per heavy atom. The maximum Gasteiger partial charge on any atom is 0.391 e. The second-order valence-corrected chi connectivity index (χ2v) is 8.36. The Labute approximate surface area is 188 Å². The molecule has 0 amide bonds. The number of halogens is 4. The van der Waals surface area contributed by atoms with Crippen LogP contribution in [-0.4, -0.2) is 22.8 Å². The van der Waals surface area contributed by atoms with Gasteiger partial charge in [0.05, 0.1) is 18.7 Å². The normalized spacial score (nSPS) is 19.0. The van der Waals surface area contributed by atoms with Gasteiger partial charge in [-0.3, -0.25) is 9.36 Å². The highest BCUT2D eigenvalue weighted by Crippen LogP contribution is 2.43. The quantitative estimate of drug-likeness (QED) is 0.450. The zero-order valence-corrected chi connectivity index (χ0v) is 18.2. The molecular formula is C24H22ClF3N2O2. The Morgan fingerprint density at radius 1 is 1.00 bits per heavy atom. The smallest absolute Gasteiger partial charge is 0.391 e. The van der Waals surface area contributed by atoms with Gasteiger partial charge in [0, 0.05) is 10.9 Å². The summed E-state index contributed by atoms with van der Waals surface area (Å²) in [6, 6.07) is 15.8. The fourth-order valence-corrected chi connectivity index (χ4v) is 4.44. The fraction of sp³-hybridized carbons (Fsp3) is 0.333. The lowest BCUT2D eigenvalue weighted by Crippen LogP contribution is -2.31. The van der Waals surface area contributed by atoms with E-state index in [1.807, 2.05) is 18.2 Å². The monoisotopic (exact) mass is 462 g/mol. The van der Waals surface area contributed by atoms with Crippen LogP contribution in [0.5, 0.6) is 5.88 Å². The fourth-order valence-electron chi connectivity index (χ4n) is 4.31. The molecule has 4 nitrogen and oxygen atoms in total. The molecule has 32 heavy (non-hydrogen) atoms. The molecule has 1 heterocycles. The zero-order chi connectivity index (χ0) is 22.9. The minimum Gasteiger partial charge on any atom is -0.480 e. The van der Waals surface area contributed by atoms with Gasteiger partial charge in [-0.25, -0.2) is 0 Å². The average Bonchev–Trinajstić information content (AvgIpc) is 2.79. The van der Waals surface area contributed by atoms with Crippen molar-refractivity contribution in [2.24, 2.45) is 5.92 Å². The van der Waals surface area contributed by atoms with Gasteiger partial charge in [0.2, 0.25) is 5.88 Å². The molecule has 1 aliphatic carbocycles. The van der Waals surface area contributed by atoms with Crippen LogP contribution in [0, 0.1) is 5.92 Å². The van der Waals surface area contributed by atoms with Crippen molar-refractivity contribution in [3.8, 4) is 22.7 Å². The van der Waals surface area contributed by atoms with Gasteiger partial charge in [-0.05, 0) is 55.5 Å². The Bertz CT molecular complexity index is 1140. The Balaban J connectivity index is 1.87.